The minimum absolute atomic E-state index is 0.0910. The van der Waals surface area contributed by atoms with E-state index in [1.54, 1.807) is 0 Å². The second-order valence-corrected chi connectivity index (χ2v) is 8.51. The van der Waals surface area contributed by atoms with Crippen molar-refractivity contribution in [2.45, 2.75) is 38.6 Å². The third kappa shape index (κ3) is 4.74. The van der Waals surface area contributed by atoms with Crippen molar-refractivity contribution in [3.8, 4) is 0 Å². The Kier molecular flexibility index (Phi) is 6.18. The van der Waals surface area contributed by atoms with Gasteiger partial charge in [0, 0.05) is 18.7 Å². The van der Waals surface area contributed by atoms with E-state index >= 15 is 0 Å². The summed E-state index contributed by atoms with van der Waals surface area (Å²) in [7, 11) is 0. The lowest BCUT2D eigenvalue weighted by Crippen LogP contribution is -2.30. The summed E-state index contributed by atoms with van der Waals surface area (Å²) < 4.78 is 0. The van der Waals surface area contributed by atoms with Gasteiger partial charge in [-0.3, -0.25) is 9.59 Å². The number of hydrogen-bond donors (Lipinski definition) is 1. The summed E-state index contributed by atoms with van der Waals surface area (Å²) >= 11 is 1.27. The second kappa shape index (κ2) is 9.17. The van der Waals surface area contributed by atoms with Crippen LogP contribution in [0.3, 0.4) is 0 Å². The smallest absolute Gasteiger partial charge is 0.286 e. The molecule has 1 aromatic heterocycles. The Labute approximate surface area is 180 Å². The van der Waals surface area contributed by atoms with E-state index in [1.807, 2.05) is 66.4 Å². The van der Waals surface area contributed by atoms with Gasteiger partial charge < -0.3 is 10.2 Å². The van der Waals surface area contributed by atoms with E-state index in [1.165, 1.54) is 11.3 Å². The second-order valence-electron chi connectivity index (χ2n) is 7.50. The van der Waals surface area contributed by atoms with E-state index in [9.17, 15) is 9.59 Å². The Hall–Kier alpha value is -3.06. The van der Waals surface area contributed by atoms with Gasteiger partial charge >= 0.3 is 0 Å². The van der Waals surface area contributed by atoms with Gasteiger partial charge in [-0.05, 0) is 43.9 Å². The average molecular weight is 421 g/mol. The first kappa shape index (κ1) is 20.2. The van der Waals surface area contributed by atoms with Crippen LogP contribution in [0.25, 0.3) is 0 Å². The molecule has 1 N–H and O–H groups in total. The number of aromatic nitrogens is 2. The molecule has 0 bridgehead atoms. The number of hydrogen-bond acceptors (Lipinski definition) is 5. The number of aryl methyl sites for hydroxylation is 2. The van der Waals surface area contributed by atoms with Crippen LogP contribution in [0.15, 0.2) is 54.6 Å². The average Bonchev–Trinajstić information content (AvgIpc) is 3.44. The van der Waals surface area contributed by atoms with Crippen LogP contribution in [-0.4, -0.2) is 33.5 Å². The molecule has 7 heteroatoms. The minimum Gasteiger partial charge on any atom is -0.333 e. The van der Waals surface area contributed by atoms with Gasteiger partial charge in [-0.15, -0.1) is 10.2 Å². The van der Waals surface area contributed by atoms with Crippen LogP contribution in [0, 0.1) is 6.92 Å². The van der Waals surface area contributed by atoms with E-state index in [-0.39, 0.29) is 17.9 Å². The number of anilines is 1. The molecule has 0 saturated carbocycles. The molecule has 2 aromatic carbocycles. The van der Waals surface area contributed by atoms with E-state index < -0.39 is 0 Å². The number of carbonyl (C=O) groups is 2. The summed E-state index contributed by atoms with van der Waals surface area (Å²) in [5.41, 5.74) is 3.01. The molecule has 0 spiro atoms. The molecule has 6 nitrogen and oxygen atoms in total. The molecule has 1 aliphatic heterocycles. The van der Waals surface area contributed by atoms with Crippen molar-refractivity contribution >= 4 is 28.8 Å². The van der Waals surface area contributed by atoms with Crippen LogP contribution in [-0.2, 0) is 11.2 Å². The number of rotatable bonds is 6. The van der Waals surface area contributed by atoms with Gasteiger partial charge in [-0.25, -0.2) is 0 Å². The molecule has 4 rings (SSSR count). The molecule has 30 heavy (non-hydrogen) atoms. The summed E-state index contributed by atoms with van der Waals surface area (Å²) in [5, 5.41) is 12.2. The lowest BCUT2D eigenvalue weighted by Gasteiger charge is -2.22. The van der Waals surface area contributed by atoms with Crippen molar-refractivity contribution in [2.24, 2.45) is 0 Å². The van der Waals surface area contributed by atoms with Gasteiger partial charge in [0.2, 0.25) is 10.9 Å². The maximum absolute atomic E-state index is 12.8. The van der Waals surface area contributed by atoms with Gasteiger partial charge in [0.05, 0.1) is 6.04 Å². The van der Waals surface area contributed by atoms with Crippen LogP contribution in [0.5, 0.6) is 0 Å². The highest BCUT2D eigenvalue weighted by Crippen LogP contribution is 2.34. The monoisotopic (exact) mass is 420 g/mol. The number of nitrogens with zero attached hydrogens (tertiary/aromatic N) is 3. The molecule has 0 aliphatic carbocycles. The number of nitrogens with one attached hydrogen (secondary N) is 1. The predicted molar refractivity (Wildman–Crippen MR) is 117 cm³/mol. The zero-order chi connectivity index (χ0) is 20.9. The third-order valence-electron chi connectivity index (χ3n) is 5.27. The molecular formula is C23H24N4O2S. The van der Waals surface area contributed by atoms with Crippen LogP contribution < -0.4 is 5.32 Å². The summed E-state index contributed by atoms with van der Waals surface area (Å²) in [6.07, 6.45) is 2.99. The molecule has 1 fully saturated rings. The Morgan fingerprint density at radius 3 is 2.63 bits per heavy atom. The molecule has 1 unspecified atom stereocenters. The Bertz CT molecular complexity index is 1020. The zero-order valence-corrected chi connectivity index (χ0v) is 17.7. The lowest BCUT2D eigenvalue weighted by atomic mass is 10.1. The number of likely N-dealkylation sites (tertiary alicyclic amines) is 1. The standard InChI is InChI=1S/C23H24N4O2S/c1-16-9-12-18(13-10-16)24-21(29)23-26-25-22(30-23)19-8-5-15-27(19)20(28)14-11-17-6-3-2-4-7-17/h2-4,6-7,9-10,12-13,19H,5,8,11,14-15H2,1H3,(H,24,29). The molecule has 2 heterocycles. The highest BCUT2D eigenvalue weighted by molar-refractivity contribution is 7.13. The highest BCUT2D eigenvalue weighted by atomic mass is 32.1. The third-order valence-corrected chi connectivity index (χ3v) is 6.30. The molecule has 154 valence electrons. The number of benzene rings is 2. The van der Waals surface area contributed by atoms with E-state index in [2.05, 4.69) is 15.5 Å². The molecule has 0 radical (unpaired) electrons. The van der Waals surface area contributed by atoms with Crippen molar-refractivity contribution < 1.29 is 9.59 Å². The maximum Gasteiger partial charge on any atom is 0.286 e. The molecular weight excluding hydrogens is 396 g/mol. The fraction of sp³-hybridized carbons (Fsp3) is 0.304. The van der Waals surface area contributed by atoms with E-state index in [4.69, 9.17) is 0 Å². The minimum atomic E-state index is -0.275. The number of carbonyl (C=O) groups excluding carboxylic acids is 2. The molecule has 1 atom stereocenters. The summed E-state index contributed by atoms with van der Waals surface area (Å²) in [6.45, 7) is 2.72. The van der Waals surface area contributed by atoms with Crippen LogP contribution in [0.4, 0.5) is 5.69 Å². The first-order valence-corrected chi connectivity index (χ1v) is 11.0. The lowest BCUT2D eigenvalue weighted by molar-refractivity contribution is -0.132. The molecule has 2 amide bonds. The fourth-order valence-electron chi connectivity index (χ4n) is 3.64. The normalized spacial score (nSPS) is 15.9. The van der Waals surface area contributed by atoms with Gasteiger partial charge in [0.25, 0.3) is 5.91 Å². The SMILES string of the molecule is Cc1ccc(NC(=O)c2nnc(C3CCCN3C(=O)CCc3ccccc3)s2)cc1. The largest absolute Gasteiger partial charge is 0.333 e. The van der Waals surface area contributed by atoms with Crippen LogP contribution in [0.1, 0.15) is 51.2 Å². The van der Waals surface area contributed by atoms with Gasteiger partial charge in [-0.2, -0.15) is 0 Å². The van der Waals surface area contributed by atoms with Crippen LogP contribution >= 0.6 is 11.3 Å². The van der Waals surface area contributed by atoms with Crippen molar-refractivity contribution in [1.82, 2.24) is 15.1 Å². The molecule has 1 aliphatic rings. The predicted octanol–water partition coefficient (Wildman–Crippen LogP) is 4.40. The van der Waals surface area contributed by atoms with Crippen LogP contribution in [0.2, 0.25) is 0 Å². The first-order valence-electron chi connectivity index (χ1n) is 10.1. The summed E-state index contributed by atoms with van der Waals surface area (Å²) in [5.74, 6) is -0.148. The summed E-state index contributed by atoms with van der Waals surface area (Å²) in [4.78, 5) is 27.2. The Morgan fingerprint density at radius 1 is 1.10 bits per heavy atom. The van der Waals surface area contributed by atoms with Gasteiger partial charge in [-0.1, -0.05) is 59.4 Å². The highest BCUT2D eigenvalue weighted by Gasteiger charge is 2.32. The first-order chi connectivity index (χ1) is 14.6. The van der Waals surface area contributed by atoms with Gasteiger partial charge in [0.1, 0.15) is 5.01 Å². The zero-order valence-electron chi connectivity index (χ0n) is 16.9. The van der Waals surface area contributed by atoms with E-state index in [0.29, 0.717) is 11.4 Å². The Balaban J connectivity index is 1.39. The quantitative estimate of drug-likeness (QED) is 0.642. The van der Waals surface area contributed by atoms with Gasteiger partial charge in [0.15, 0.2) is 0 Å². The Morgan fingerprint density at radius 2 is 1.87 bits per heavy atom. The topological polar surface area (TPSA) is 75.2 Å². The van der Waals surface area contributed by atoms with E-state index in [0.717, 1.165) is 47.6 Å². The molecule has 1 saturated heterocycles. The fourth-order valence-corrected chi connectivity index (χ4v) is 4.53. The van der Waals surface area contributed by atoms with Crippen molar-refractivity contribution in [2.75, 3.05) is 11.9 Å². The summed E-state index contributed by atoms with van der Waals surface area (Å²) in [6, 6.07) is 17.6. The number of amides is 2. The molecule has 3 aromatic rings. The van der Waals surface area contributed by atoms with Crippen molar-refractivity contribution in [3.05, 3.63) is 75.7 Å². The van der Waals surface area contributed by atoms with Crippen molar-refractivity contribution in [3.63, 3.8) is 0 Å². The van der Waals surface area contributed by atoms with Crippen molar-refractivity contribution in [1.29, 1.82) is 0 Å². The maximum atomic E-state index is 12.8.